The van der Waals surface area contributed by atoms with Crippen LogP contribution in [0.2, 0.25) is 0 Å². The van der Waals surface area contributed by atoms with Gasteiger partial charge in [0.25, 0.3) is 0 Å². The molecule has 0 fully saturated rings. The second-order valence-corrected chi connectivity index (χ2v) is 15.6. The number of aryl methyl sites for hydroxylation is 2. The average molecular weight is 662 g/mol. The van der Waals surface area contributed by atoms with E-state index in [1.807, 2.05) is 23.5 Å². The molecule has 8 rings (SSSR count). The summed E-state index contributed by atoms with van der Waals surface area (Å²) in [6, 6.07) is 34.1. The van der Waals surface area contributed by atoms with Gasteiger partial charge in [0.15, 0.2) is 0 Å². The van der Waals surface area contributed by atoms with Crippen molar-refractivity contribution in [3.05, 3.63) is 106 Å². The summed E-state index contributed by atoms with van der Waals surface area (Å²) in [5.74, 6) is 0. The third-order valence-corrected chi connectivity index (χ3v) is 12.4. The predicted octanol–water partition coefficient (Wildman–Crippen LogP) is 9.77. The van der Waals surface area contributed by atoms with Crippen molar-refractivity contribution in [1.82, 2.24) is 18.7 Å². The Morgan fingerprint density at radius 3 is 1.60 bits per heavy atom. The maximum atomic E-state index is 5.50. The van der Waals surface area contributed by atoms with Crippen molar-refractivity contribution < 1.29 is 0 Å². The van der Waals surface area contributed by atoms with Gasteiger partial charge in [-0.3, -0.25) is 0 Å². The van der Waals surface area contributed by atoms with Crippen molar-refractivity contribution in [1.29, 1.82) is 0 Å². The van der Waals surface area contributed by atoms with Gasteiger partial charge in [0.1, 0.15) is 0 Å². The fraction of sp³-hybridized carbons (Fsp3) is 0.0588. The summed E-state index contributed by atoms with van der Waals surface area (Å²) in [6.45, 7) is 4.35. The Labute approximate surface area is 261 Å². The van der Waals surface area contributed by atoms with Gasteiger partial charge >= 0.3 is 257 Å². The molecule has 0 N–H and O–H groups in total. The van der Waals surface area contributed by atoms with Crippen LogP contribution in [0.1, 0.15) is 9.31 Å². The van der Waals surface area contributed by atoms with Crippen molar-refractivity contribution in [2.24, 2.45) is 0 Å². The summed E-state index contributed by atoms with van der Waals surface area (Å²) in [5.41, 5.74) is 9.34. The van der Waals surface area contributed by atoms with Gasteiger partial charge in [-0.1, -0.05) is 6.07 Å². The average Bonchev–Trinajstić information content (AvgIpc) is 3.84. The molecule has 202 valence electrons. The zero-order chi connectivity index (χ0) is 28.2. The molecule has 5 aromatic heterocycles. The Morgan fingerprint density at radius 2 is 1.07 bits per heavy atom. The fourth-order valence-corrected chi connectivity index (χ4v) is 9.91. The summed E-state index contributed by atoms with van der Waals surface area (Å²) in [7, 11) is 0. The molecule has 0 spiro atoms. The molecule has 0 unspecified atom stereocenters. The summed E-state index contributed by atoms with van der Waals surface area (Å²) in [6.07, 6.45) is 0. The van der Waals surface area contributed by atoms with Gasteiger partial charge in [0, 0.05) is 0 Å². The van der Waals surface area contributed by atoms with Crippen molar-refractivity contribution in [2.75, 3.05) is 0 Å². The molecule has 0 saturated carbocycles. The zero-order valence-corrected chi connectivity index (χ0v) is 26.8. The summed E-state index contributed by atoms with van der Waals surface area (Å²) >= 11 is 5.20. The maximum absolute atomic E-state index is 5.50. The number of hydrogen-bond acceptors (Lipinski definition) is 7. The van der Waals surface area contributed by atoms with Gasteiger partial charge in [-0.2, -0.15) is 0 Å². The number of thiophene rings is 2. The third kappa shape index (κ3) is 4.39. The first-order chi connectivity index (χ1) is 20.6. The van der Waals surface area contributed by atoms with E-state index in [9.17, 15) is 0 Å². The predicted molar refractivity (Wildman–Crippen MR) is 180 cm³/mol. The topological polar surface area (TPSA) is 51.6 Å². The molecule has 4 nitrogen and oxygen atoms in total. The first-order valence-electron chi connectivity index (χ1n) is 13.5. The van der Waals surface area contributed by atoms with Crippen molar-refractivity contribution in [2.45, 2.75) is 13.8 Å². The Balaban J connectivity index is 1.51. The molecule has 5 heterocycles. The quantitative estimate of drug-likeness (QED) is 0.172. The molecule has 0 amide bonds. The molecule has 0 bridgehead atoms. The first kappa shape index (κ1) is 25.9. The molecule has 0 aliphatic heterocycles. The number of nitrogens with zero attached hydrogens (tertiary/aromatic N) is 4. The van der Waals surface area contributed by atoms with Gasteiger partial charge in [-0.25, -0.2) is 0 Å². The van der Waals surface area contributed by atoms with Crippen LogP contribution in [-0.4, -0.2) is 33.2 Å². The molecule has 42 heavy (non-hydrogen) atoms. The van der Waals surface area contributed by atoms with Crippen LogP contribution in [0.15, 0.2) is 97.1 Å². The Bertz CT molecular complexity index is 2230. The standard InChI is InChI=1S/C34H22N4S3Se/c1-19-13-15-24(39-19)27-31-32(36-30(22-11-7-4-8-12-22)29(35-31)21-9-5-3-6-10-21)28(34-33(27)37-41-38-34)25-17-16-23(40-25)26-18-14-20(2)42-26/h3-18H,1-2H3. The monoisotopic (exact) mass is 662 g/mol. The van der Waals surface area contributed by atoms with Crippen LogP contribution in [-0.2, 0) is 0 Å². The summed E-state index contributed by atoms with van der Waals surface area (Å²) < 4.78 is 12.6. The molecule has 0 atom stereocenters. The second kappa shape index (κ2) is 10.5. The molecule has 0 saturated heterocycles. The van der Waals surface area contributed by atoms with Crippen molar-refractivity contribution in [3.8, 4) is 52.7 Å². The second-order valence-electron chi connectivity index (χ2n) is 10.0. The van der Waals surface area contributed by atoms with Crippen LogP contribution >= 0.6 is 34.4 Å². The van der Waals surface area contributed by atoms with Gasteiger partial charge in [0.2, 0.25) is 0 Å². The molecular formula is C34H22N4S3Se. The van der Waals surface area contributed by atoms with E-state index >= 15 is 0 Å². The summed E-state index contributed by atoms with van der Waals surface area (Å²) in [5, 5.41) is 0. The number of benzene rings is 3. The minimum atomic E-state index is 0.369. The third-order valence-electron chi connectivity index (χ3n) is 7.25. The van der Waals surface area contributed by atoms with Crippen LogP contribution < -0.4 is 0 Å². The van der Waals surface area contributed by atoms with Gasteiger partial charge in [-0.15, -0.1) is 0 Å². The fourth-order valence-electron chi connectivity index (χ4n) is 5.33. The molecule has 0 radical (unpaired) electrons. The zero-order valence-electron chi connectivity index (χ0n) is 22.7. The SMILES string of the molecule is Cc1ccc(-c2c3nsnc3c(-c3ccc(-c4ccc(C)[se]4)s3)c3nc(-c4ccccc4)c(-c4ccccc4)nc23)s1. The van der Waals surface area contributed by atoms with Gasteiger partial charge in [0.05, 0.1) is 0 Å². The van der Waals surface area contributed by atoms with Crippen LogP contribution in [0.3, 0.4) is 0 Å². The van der Waals surface area contributed by atoms with Crippen LogP contribution in [0, 0.1) is 13.8 Å². The number of hydrogen-bond donors (Lipinski definition) is 0. The Hall–Kier alpha value is -3.78. The van der Waals surface area contributed by atoms with Crippen molar-refractivity contribution in [3.63, 3.8) is 0 Å². The Morgan fingerprint density at radius 1 is 0.524 bits per heavy atom. The Kier molecular flexibility index (Phi) is 6.47. The van der Waals surface area contributed by atoms with E-state index < -0.39 is 0 Å². The number of aromatic nitrogens is 4. The van der Waals surface area contributed by atoms with Crippen LogP contribution in [0.4, 0.5) is 0 Å². The van der Waals surface area contributed by atoms with E-state index in [1.54, 1.807) is 11.3 Å². The number of fused-ring (bicyclic) bond motifs is 2. The normalized spacial score (nSPS) is 11.6. The van der Waals surface area contributed by atoms with E-state index in [0.29, 0.717) is 14.5 Å². The molecular weight excluding hydrogens is 640 g/mol. The first-order valence-corrected chi connectivity index (χ1v) is 17.6. The molecule has 3 aromatic carbocycles. The van der Waals surface area contributed by atoms with Gasteiger partial charge in [-0.05, 0) is 0 Å². The minimum absolute atomic E-state index is 0.369. The molecule has 0 aliphatic carbocycles. The van der Waals surface area contributed by atoms with Crippen LogP contribution in [0.5, 0.6) is 0 Å². The van der Waals surface area contributed by atoms with E-state index in [4.69, 9.17) is 18.7 Å². The van der Waals surface area contributed by atoms with E-state index in [2.05, 4.69) is 98.8 Å². The van der Waals surface area contributed by atoms with E-state index in [-0.39, 0.29) is 0 Å². The van der Waals surface area contributed by atoms with E-state index in [0.717, 1.165) is 65.5 Å². The van der Waals surface area contributed by atoms with Crippen LogP contribution in [0.25, 0.3) is 74.8 Å². The molecule has 0 aliphatic rings. The van der Waals surface area contributed by atoms with Gasteiger partial charge < -0.3 is 0 Å². The molecule has 8 heteroatoms. The molecule has 8 aromatic rings. The van der Waals surface area contributed by atoms with Crippen molar-refractivity contribution >= 4 is 71.0 Å². The van der Waals surface area contributed by atoms with E-state index in [1.165, 1.54) is 30.4 Å². The number of rotatable bonds is 5. The summed E-state index contributed by atoms with van der Waals surface area (Å²) in [4.78, 5) is 15.8.